The summed E-state index contributed by atoms with van der Waals surface area (Å²) in [5.41, 5.74) is -0.234. The van der Waals surface area contributed by atoms with E-state index in [2.05, 4.69) is 10.6 Å². The van der Waals surface area contributed by atoms with Gasteiger partial charge in [-0.15, -0.1) is 11.8 Å². The van der Waals surface area contributed by atoms with Gasteiger partial charge < -0.3 is 25.1 Å². The lowest BCUT2D eigenvalue weighted by atomic mass is 9.95. The number of thioether (sulfide) groups is 1. The molecule has 3 aromatic rings. The summed E-state index contributed by atoms with van der Waals surface area (Å²) in [6.45, 7) is 2.74. The number of nitrogens with one attached hydrogen (secondary N) is 2. The Kier molecular flexibility index (Phi) is 6.54. The van der Waals surface area contributed by atoms with Gasteiger partial charge in [0.2, 0.25) is 17.7 Å². The van der Waals surface area contributed by atoms with Gasteiger partial charge in [-0.2, -0.15) is 0 Å². The van der Waals surface area contributed by atoms with Crippen molar-refractivity contribution in [2.24, 2.45) is 0 Å². The van der Waals surface area contributed by atoms with Gasteiger partial charge in [0, 0.05) is 4.75 Å². The molecule has 0 radical (unpaired) electrons. The van der Waals surface area contributed by atoms with Crippen LogP contribution in [-0.4, -0.2) is 60.5 Å². The molecule has 2 aliphatic heterocycles. The van der Waals surface area contributed by atoms with Crippen LogP contribution < -0.4 is 21.9 Å². The molecule has 0 saturated carbocycles. The summed E-state index contributed by atoms with van der Waals surface area (Å²) in [4.78, 5) is 77.4. The highest BCUT2D eigenvalue weighted by Gasteiger charge is 2.64. The fourth-order valence-electron chi connectivity index (χ4n) is 4.92. The number of carbonyl (C=O) groups excluding carboxylic acids is 3. The molecule has 202 valence electrons. The number of fused-ring (bicyclic) bond motifs is 2. The van der Waals surface area contributed by atoms with Crippen LogP contribution in [-0.2, 0) is 25.7 Å². The highest BCUT2D eigenvalue weighted by molar-refractivity contribution is 8.01. The molecule has 2 aliphatic rings. The number of amides is 3. The summed E-state index contributed by atoms with van der Waals surface area (Å²) in [5.74, 6) is -4.20. The van der Waals surface area contributed by atoms with Crippen molar-refractivity contribution in [3.8, 4) is 0 Å². The molecule has 2 fully saturated rings. The summed E-state index contributed by atoms with van der Waals surface area (Å²) < 4.78 is 5.00. The second kappa shape index (κ2) is 9.73. The summed E-state index contributed by atoms with van der Waals surface area (Å²) in [7, 11) is 0. The van der Waals surface area contributed by atoms with Crippen LogP contribution in [0.25, 0.3) is 11.0 Å². The number of aromatic nitrogens is 1. The number of carboxylic acid groups (broad SMARTS) is 1. The van der Waals surface area contributed by atoms with E-state index in [4.69, 9.17) is 4.42 Å². The van der Waals surface area contributed by atoms with E-state index in [1.807, 2.05) is 0 Å². The molecule has 0 aliphatic carbocycles. The molecule has 2 aromatic carbocycles. The van der Waals surface area contributed by atoms with Gasteiger partial charge in [-0.3, -0.25) is 19.2 Å². The minimum absolute atomic E-state index is 0.0861. The predicted octanol–water partition coefficient (Wildman–Crippen LogP) is 0.444. The number of nitrogens with zero attached hydrogens (tertiary/aromatic N) is 2. The van der Waals surface area contributed by atoms with Crippen molar-refractivity contribution < 1.29 is 28.7 Å². The molecule has 2 saturated heterocycles. The average Bonchev–Trinajstić information content (AvgIpc) is 3.16. The molecule has 39 heavy (non-hydrogen) atoms. The van der Waals surface area contributed by atoms with Gasteiger partial charge in [0.05, 0.1) is 5.39 Å². The van der Waals surface area contributed by atoms with Gasteiger partial charge in [-0.1, -0.05) is 42.5 Å². The SMILES string of the molecule is CC1(C)SC2[C@H](NC(=O)[C@H](NC(=O)Cn3c(=O)oc4ccccc4c3=O)c3ccccc3)C(=O)N2C1C(=O)O. The zero-order valence-corrected chi connectivity index (χ0v) is 21.6. The zero-order valence-electron chi connectivity index (χ0n) is 20.8. The largest absolute Gasteiger partial charge is 0.480 e. The maximum Gasteiger partial charge on any atom is 0.422 e. The monoisotopic (exact) mass is 552 g/mol. The first kappa shape index (κ1) is 26.2. The van der Waals surface area contributed by atoms with Gasteiger partial charge >= 0.3 is 11.7 Å². The Morgan fingerprint density at radius 3 is 2.41 bits per heavy atom. The van der Waals surface area contributed by atoms with Crippen LogP contribution in [0.2, 0.25) is 0 Å². The minimum Gasteiger partial charge on any atom is -0.480 e. The molecule has 12 nitrogen and oxygen atoms in total. The Morgan fingerprint density at radius 1 is 1.05 bits per heavy atom. The zero-order chi connectivity index (χ0) is 28.1. The van der Waals surface area contributed by atoms with Crippen LogP contribution in [0.1, 0.15) is 25.5 Å². The Hall–Kier alpha value is -4.39. The molecule has 0 spiro atoms. The molecule has 1 aromatic heterocycles. The van der Waals surface area contributed by atoms with Crippen molar-refractivity contribution in [3.05, 3.63) is 81.1 Å². The number of hydrogen-bond acceptors (Lipinski definition) is 8. The van der Waals surface area contributed by atoms with Crippen LogP contribution in [0.3, 0.4) is 0 Å². The highest BCUT2D eigenvalue weighted by atomic mass is 32.2. The van der Waals surface area contributed by atoms with Crippen molar-refractivity contribution in [3.63, 3.8) is 0 Å². The second-order valence-corrected chi connectivity index (χ2v) is 11.5. The first-order valence-electron chi connectivity index (χ1n) is 12.0. The molecule has 13 heteroatoms. The van der Waals surface area contributed by atoms with Gasteiger partial charge in [0.1, 0.15) is 35.6 Å². The maximum atomic E-state index is 13.4. The summed E-state index contributed by atoms with van der Waals surface area (Å²) in [5, 5.41) is 14.3. The van der Waals surface area contributed by atoms with Crippen molar-refractivity contribution in [2.45, 2.75) is 48.6 Å². The van der Waals surface area contributed by atoms with Crippen LogP contribution in [0.5, 0.6) is 0 Å². The second-order valence-electron chi connectivity index (χ2n) is 9.75. The topological polar surface area (TPSA) is 168 Å². The Morgan fingerprint density at radius 2 is 1.72 bits per heavy atom. The van der Waals surface area contributed by atoms with Crippen molar-refractivity contribution >= 4 is 46.4 Å². The molecule has 3 N–H and O–H groups in total. The van der Waals surface area contributed by atoms with Crippen LogP contribution >= 0.6 is 11.8 Å². The lowest BCUT2D eigenvalue weighted by Crippen LogP contribution is -2.71. The van der Waals surface area contributed by atoms with E-state index in [1.54, 1.807) is 56.3 Å². The number of aliphatic carboxylic acids is 1. The Bertz CT molecular complexity index is 1620. The third-order valence-corrected chi connectivity index (χ3v) is 8.33. The first-order chi connectivity index (χ1) is 18.5. The average molecular weight is 553 g/mol. The molecular weight excluding hydrogens is 528 g/mol. The molecule has 2 unspecified atom stereocenters. The van der Waals surface area contributed by atoms with E-state index < -0.39 is 69.8 Å². The van der Waals surface area contributed by atoms with E-state index in [1.165, 1.54) is 28.8 Å². The van der Waals surface area contributed by atoms with Crippen LogP contribution in [0, 0.1) is 0 Å². The molecular formula is C26H24N4O8S. The lowest BCUT2D eigenvalue weighted by molar-refractivity contribution is -0.161. The highest BCUT2D eigenvalue weighted by Crippen LogP contribution is 2.50. The Labute approximate surface area is 225 Å². The first-order valence-corrected chi connectivity index (χ1v) is 12.9. The number of hydrogen-bond donors (Lipinski definition) is 3. The number of carbonyl (C=O) groups is 4. The molecule has 3 amide bonds. The van der Waals surface area contributed by atoms with Gasteiger partial charge in [-0.05, 0) is 31.5 Å². The Balaban J connectivity index is 1.36. The fourth-order valence-corrected chi connectivity index (χ4v) is 6.55. The fraction of sp³-hybridized carbons (Fsp3) is 0.308. The minimum atomic E-state index is -1.27. The normalized spacial score (nSPS) is 22.1. The molecule has 5 rings (SSSR count). The molecule has 3 heterocycles. The molecule has 0 bridgehead atoms. The predicted molar refractivity (Wildman–Crippen MR) is 140 cm³/mol. The smallest absolute Gasteiger partial charge is 0.422 e. The van der Waals surface area contributed by atoms with E-state index in [-0.39, 0.29) is 11.0 Å². The number of rotatable bonds is 7. The number of carboxylic acids is 1. The lowest BCUT2D eigenvalue weighted by Gasteiger charge is -2.44. The number of β-lactam (4-membered cyclic amide) rings is 1. The summed E-state index contributed by atoms with van der Waals surface area (Å²) in [6, 6.07) is 11.1. The number of benzene rings is 2. The third kappa shape index (κ3) is 4.58. The van der Waals surface area contributed by atoms with E-state index in [9.17, 15) is 33.9 Å². The van der Waals surface area contributed by atoms with E-state index in [0.717, 1.165) is 0 Å². The van der Waals surface area contributed by atoms with Gasteiger partial charge in [0.25, 0.3) is 5.56 Å². The summed E-state index contributed by atoms with van der Waals surface area (Å²) >= 11 is 1.27. The van der Waals surface area contributed by atoms with Crippen molar-refractivity contribution in [2.75, 3.05) is 0 Å². The quantitative estimate of drug-likeness (QED) is 0.352. The van der Waals surface area contributed by atoms with Crippen molar-refractivity contribution in [1.82, 2.24) is 20.1 Å². The third-order valence-electron chi connectivity index (χ3n) is 6.76. The van der Waals surface area contributed by atoms with E-state index in [0.29, 0.717) is 10.1 Å². The van der Waals surface area contributed by atoms with Gasteiger partial charge in [0.15, 0.2) is 0 Å². The van der Waals surface area contributed by atoms with Crippen LogP contribution in [0.15, 0.2) is 68.6 Å². The maximum absolute atomic E-state index is 13.4. The number of para-hydroxylation sites is 1. The molecule has 4 atom stereocenters. The van der Waals surface area contributed by atoms with Crippen LogP contribution in [0.4, 0.5) is 0 Å². The summed E-state index contributed by atoms with van der Waals surface area (Å²) in [6.07, 6.45) is 0. The standard InChI is InChI=1S/C26H24N4O8S/c1-26(2)19(24(35)36)30-22(34)18(23(30)39-26)28-20(32)17(13-8-4-3-5-9-13)27-16(31)12-29-21(33)14-10-6-7-11-15(14)38-25(29)37/h3-11,17-19,23H,12H2,1-2H3,(H,27,31)(H,28,32)(H,35,36)/t17-,18-,19?,23?/m1/s1. The van der Waals surface area contributed by atoms with E-state index >= 15 is 0 Å². The van der Waals surface area contributed by atoms with Gasteiger partial charge in [-0.25, -0.2) is 14.2 Å². The van der Waals surface area contributed by atoms with Crippen molar-refractivity contribution in [1.29, 1.82) is 0 Å².